The molecule has 1 aromatic carbocycles. The molecular formula is C21H26N4O2. The lowest BCUT2D eigenvalue weighted by molar-refractivity contribution is -0.154. The van der Waals surface area contributed by atoms with Gasteiger partial charge in [0.25, 0.3) is 0 Å². The molecule has 0 aliphatic carbocycles. The van der Waals surface area contributed by atoms with Crippen LogP contribution in [0.5, 0.6) is 0 Å². The quantitative estimate of drug-likeness (QED) is 0.896. The van der Waals surface area contributed by atoms with Crippen molar-refractivity contribution in [2.24, 2.45) is 5.92 Å². The van der Waals surface area contributed by atoms with Crippen LogP contribution >= 0.6 is 0 Å². The Morgan fingerprint density at radius 2 is 2.07 bits per heavy atom. The fourth-order valence-corrected chi connectivity index (χ4v) is 4.13. The van der Waals surface area contributed by atoms with Gasteiger partial charge in [0.15, 0.2) is 0 Å². The fourth-order valence-electron chi connectivity index (χ4n) is 4.13. The summed E-state index contributed by atoms with van der Waals surface area (Å²) in [6.45, 7) is 6.78. The van der Waals surface area contributed by atoms with Crippen molar-refractivity contribution in [3.05, 3.63) is 42.1 Å². The van der Waals surface area contributed by atoms with Crippen molar-refractivity contribution < 1.29 is 9.59 Å². The molecule has 142 valence electrons. The van der Waals surface area contributed by atoms with Crippen LogP contribution in [0.4, 0.5) is 0 Å². The van der Waals surface area contributed by atoms with E-state index < -0.39 is 0 Å². The number of piperazine rings is 2. The molecule has 0 bridgehead atoms. The van der Waals surface area contributed by atoms with Crippen LogP contribution in [0.15, 0.2) is 36.5 Å². The van der Waals surface area contributed by atoms with Gasteiger partial charge in [-0.25, -0.2) is 0 Å². The average molecular weight is 366 g/mol. The zero-order valence-electron chi connectivity index (χ0n) is 15.9. The number of aromatic nitrogens is 1. The number of fused-ring (bicyclic) bond motifs is 2. The van der Waals surface area contributed by atoms with Crippen LogP contribution in [0.25, 0.3) is 10.9 Å². The van der Waals surface area contributed by atoms with Crippen LogP contribution in [0.1, 0.15) is 25.8 Å². The zero-order chi connectivity index (χ0) is 19.0. The highest BCUT2D eigenvalue weighted by Gasteiger charge is 2.44. The van der Waals surface area contributed by atoms with Gasteiger partial charge >= 0.3 is 0 Å². The number of rotatable bonds is 4. The number of benzene rings is 1. The number of hydrogen-bond donors (Lipinski definition) is 1. The van der Waals surface area contributed by atoms with E-state index in [1.165, 1.54) is 5.56 Å². The minimum atomic E-state index is -0.389. The first-order valence-corrected chi connectivity index (χ1v) is 9.74. The number of pyridine rings is 1. The molecule has 27 heavy (non-hydrogen) atoms. The van der Waals surface area contributed by atoms with Gasteiger partial charge in [0.1, 0.15) is 12.1 Å². The lowest BCUT2D eigenvalue weighted by Crippen LogP contribution is -2.70. The second-order valence-corrected chi connectivity index (χ2v) is 7.64. The summed E-state index contributed by atoms with van der Waals surface area (Å²) in [5.74, 6) is 0.204. The van der Waals surface area contributed by atoms with Gasteiger partial charge in [-0.1, -0.05) is 38.5 Å². The molecule has 0 spiro atoms. The first kappa shape index (κ1) is 17.9. The van der Waals surface area contributed by atoms with E-state index in [0.29, 0.717) is 13.1 Å². The summed E-state index contributed by atoms with van der Waals surface area (Å²) in [5.41, 5.74) is 2.18. The number of carbonyl (C=O) groups is 2. The number of nitrogens with one attached hydrogen (secondary N) is 1. The van der Waals surface area contributed by atoms with E-state index in [4.69, 9.17) is 0 Å². The average Bonchev–Trinajstić information content (AvgIpc) is 2.70. The fraction of sp³-hybridized carbons (Fsp3) is 0.476. The molecule has 0 saturated carbocycles. The maximum absolute atomic E-state index is 12.8. The Balaban J connectivity index is 1.50. The van der Waals surface area contributed by atoms with Gasteiger partial charge in [-0.15, -0.1) is 0 Å². The van der Waals surface area contributed by atoms with Crippen LogP contribution in [-0.2, 0) is 16.1 Å². The Bertz CT molecular complexity index is 863. The van der Waals surface area contributed by atoms with Gasteiger partial charge in [0.2, 0.25) is 11.8 Å². The van der Waals surface area contributed by atoms with Crippen LogP contribution in [0.3, 0.4) is 0 Å². The minimum absolute atomic E-state index is 0.0239. The zero-order valence-corrected chi connectivity index (χ0v) is 15.9. The molecule has 2 fully saturated rings. The van der Waals surface area contributed by atoms with Crippen molar-refractivity contribution in [1.82, 2.24) is 20.1 Å². The van der Waals surface area contributed by atoms with Crippen molar-refractivity contribution in [3.8, 4) is 0 Å². The molecule has 1 N–H and O–H groups in total. The summed E-state index contributed by atoms with van der Waals surface area (Å²) in [6, 6.07) is 9.41. The molecule has 6 nitrogen and oxygen atoms in total. The molecule has 2 saturated heterocycles. The second kappa shape index (κ2) is 7.27. The molecule has 2 amide bonds. The van der Waals surface area contributed by atoms with E-state index in [2.05, 4.69) is 27.3 Å². The molecule has 2 aliphatic rings. The van der Waals surface area contributed by atoms with Gasteiger partial charge in [-0.2, -0.15) is 0 Å². The van der Waals surface area contributed by atoms with E-state index in [0.717, 1.165) is 30.4 Å². The molecule has 4 rings (SSSR count). The smallest absolute Gasteiger partial charge is 0.246 e. The number of amides is 2. The molecule has 2 aromatic rings. The minimum Gasteiger partial charge on any atom is -0.342 e. The molecule has 6 heteroatoms. The largest absolute Gasteiger partial charge is 0.342 e. The topological polar surface area (TPSA) is 65.5 Å². The second-order valence-electron chi connectivity index (χ2n) is 7.64. The molecule has 3 atom stereocenters. The Labute approximate surface area is 159 Å². The molecule has 2 aliphatic heterocycles. The summed E-state index contributed by atoms with van der Waals surface area (Å²) in [4.78, 5) is 34.0. The van der Waals surface area contributed by atoms with Gasteiger partial charge in [0, 0.05) is 37.8 Å². The van der Waals surface area contributed by atoms with Crippen LogP contribution < -0.4 is 5.32 Å². The van der Waals surface area contributed by atoms with Crippen molar-refractivity contribution in [2.75, 3.05) is 19.6 Å². The Hall–Kier alpha value is -2.47. The SMILES string of the molecule is CC[C@H](C)[C@@H]1NC(=O)[C@H]2CN(Cc3cccc4ncccc34)CCN2C1=O. The van der Waals surface area contributed by atoms with Crippen LogP contribution in [0, 0.1) is 5.92 Å². The summed E-state index contributed by atoms with van der Waals surface area (Å²) in [7, 11) is 0. The molecular weight excluding hydrogens is 340 g/mol. The lowest BCUT2D eigenvalue weighted by Gasteiger charge is -2.46. The number of nitrogens with zero attached hydrogens (tertiary/aromatic N) is 3. The standard InChI is InChI=1S/C21H26N4O2/c1-3-14(2)19-21(27)25-11-10-24(13-18(25)20(26)23-19)12-15-6-4-8-17-16(15)7-5-9-22-17/h4-9,14,18-19H,3,10-13H2,1-2H3,(H,23,26)/t14-,18+,19-/m0/s1. The highest BCUT2D eigenvalue weighted by atomic mass is 16.2. The van der Waals surface area contributed by atoms with Gasteiger partial charge in [0.05, 0.1) is 5.52 Å². The summed E-state index contributed by atoms with van der Waals surface area (Å²) >= 11 is 0. The summed E-state index contributed by atoms with van der Waals surface area (Å²) in [6.07, 6.45) is 2.67. The Kier molecular flexibility index (Phi) is 4.83. The van der Waals surface area contributed by atoms with Gasteiger partial charge in [-0.05, 0) is 23.6 Å². The summed E-state index contributed by atoms with van der Waals surface area (Å²) < 4.78 is 0. The van der Waals surface area contributed by atoms with Crippen molar-refractivity contribution >= 4 is 22.7 Å². The first-order chi connectivity index (χ1) is 13.1. The number of hydrogen-bond acceptors (Lipinski definition) is 4. The molecule has 0 unspecified atom stereocenters. The van der Waals surface area contributed by atoms with Crippen molar-refractivity contribution in [1.29, 1.82) is 0 Å². The molecule has 1 aromatic heterocycles. The lowest BCUT2D eigenvalue weighted by atomic mass is 9.93. The van der Waals surface area contributed by atoms with Crippen molar-refractivity contribution in [3.63, 3.8) is 0 Å². The number of carbonyl (C=O) groups excluding carboxylic acids is 2. The summed E-state index contributed by atoms with van der Waals surface area (Å²) in [5, 5.41) is 4.11. The highest BCUT2D eigenvalue weighted by Crippen LogP contribution is 2.24. The normalized spacial score (nSPS) is 24.6. The van der Waals surface area contributed by atoms with Crippen molar-refractivity contribution in [2.45, 2.75) is 38.9 Å². The predicted molar refractivity (Wildman–Crippen MR) is 104 cm³/mol. The first-order valence-electron chi connectivity index (χ1n) is 9.74. The third-order valence-electron chi connectivity index (χ3n) is 5.96. The van der Waals surface area contributed by atoms with Gasteiger partial charge < -0.3 is 10.2 Å². The van der Waals surface area contributed by atoms with E-state index in [9.17, 15) is 9.59 Å². The van der Waals surface area contributed by atoms with E-state index >= 15 is 0 Å². The molecule has 0 radical (unpaired) electrons. The Morgan fingerprint density at radius 1 is 1.22 bits per heavy atom. The van der Waals surface area contributed by atoms with Crippen LogP contribution in [0.2, 0.25) is 0 Å². The van der Waals surface area contributed by atoms with Gasteiger partial charge in [-0.3, -0.25) is 19.5 Å². The predicted octanol–water partition coefficient (Wildman–Crippen LogP) is 1.79. The Morgan fingerprint density at radius 3 is 2.89 bits per heavy atom. The monoisotopic (exact) mass is 366 g/mol. The van der Waals surface area contributed by atoms with E-state index in [1.807, 2.05) is 32.0 Å². The van der Waals surface area contributed by atoms with E-state index in [-0.39, 0.29) is 29.8 Å². The maximum atomic E-state index is 12.8. The highest BCUT2D eigenvalue weighted by molar-refractivity contribution is 5.97. The van der Waals surface area contributed by atoms with E-state index in [1.54, 1.807) is 11.1 Å². The van der Waals surface area contributed by atoms with Crippen LogP contribution in [-0.4, -0.2) is 58.3 Å². The maximum Gasteiger partial charge on any atom is 0.246 e. The third-order valence-corrected chi connectivity index (χ3v) is 5.96. The third kappa shape index (κ3) is 3.30. The molecule has 3 heterocycles.